The molecule has 1 aromatic heterocycles. The Balaban J connectivity index is 2.80. The Labute approximate surface area is 174 Å². The number of amides is 1. The molecule has 9 heteroatoms. The van der Waals surface area contributed by atoms with E-state index in [1.807, 2.05) is 18.4 Å². The molecule has 1 heterocycles. The number of hydrogen-bond donors (Lipinski definition) is 2. The van der Waals surface area contributed by atoms with Crippen LogP contribution in [0.25, 0.3) is 0 Å². The van der Waals surface area contributed by atoms with Gasteiger partial charge < -0.3 is 24.0 Å². The summed E-state index contributed by atoms with van der Waals surface area (Å²) in [7, 11) is -2.51. The van der Waals surface area contributed by atoms with Crippen molar-refractivity contribution in [2.24, 2.45) is 0 Å². The van der Waals surface area contributed by atoms with Crippen LogP contribution in [0.15, 0.2) is 12.1 Å². The summed E-state index contributed by atoms with van der Waals surface area (Å²) in [6.45, 7) is 13.7. The fraction of sp³-hybridized carbons (Fsp3) is 0.700. The molecule has 0 aromatic carbocycles. The van der Waals surface area contributed by atoms with E-state index in [4.69, 9.17) is 9.26 Å². The van der Waals surface area contributed by atoms with E-state index in [9.17, 15) is 19.8 Å². The number of carbonyl (C=O) groups excluding carboxylic acids is 2. The minimum Gasteiger partial charge on any atom is -0.492 e. The van der Waals surface area contributed by atoms with E-state index in [1.165, 1.54) is 12.1 Å². The van der Waals surface area contributed by atoms with Gasteiger partial charge in [-0.15, -0.1) is 4.73 Å². The fourth-order valence-electron chi connectivity index (χ4n) is 3.81. The van der Waals surface area contributed by atoms with E-state index in [0.29, 0.717) is 24.3 Å². The van der Waals surface area contributed by atoms with Crippen molar-refractivity contribution in [3.05, 3.63) is 12.1 Å². The number of nitrogens with zero attached hydrogens (tertiary/aromatic N) is 2. The van der Waals surface area contributed by atoms with Crippen LogP contribution in [0.1, 0.15) is 67.2 Å². The average Bonchev–Trinajstić information content (AvgIpc) is 2.95. The maximum atomic E-state index is 13.1. The summed E-state index contributed by atoms with van der Waals surface area (Å²) in [6.07, 6.45) is 1.35. The van der Waals surface area contributed by atoms with Crippen LogP contribution in [-0.4, -0.2) is 53.0 Å². The molecule has 1 amide bonds. The van der Waals surface area contributed by atoms with Crippen LogP contribution in [0.2, 0.25) is 11.1 Å². The van der Waals surface area contributed by atoms with Crippen molar-refractivity contribution >= 4 is 20.4 Å². The van der Waals surface area contributed by atoms with Crippen molar-refractivity contribution in [1.29, 1.82) is 0 Å². The number of hydrogen-bond acceptors (Lipinski definition) is 6. The lowest BCUT2D eigenvalue weighted by atomic mass is 10.2. The Bertz CT molecular complexity index is 646. The SMILES string of the molecule is CCCN(C(=O)CCCC(=O)On1c(O)ccc1O)[Si](OCC)(C(C)C)C(C)C. The number of carbonyl (C=O) groups is 2. The molecule has 0 fully saturated rings. The first-order valence-electron chi connectivity index (χ1n) is 10.4. The van der Waals surface area contributed by atoms with Gasteiger partial charge >= 0.3 is 14.4 Å². The van der Waals surface area contributed by atoms with Crippen LogP contribution in [0.3, 0.4) is 0 Å². The molecule has 0 aliphatic carbocycles. The van der Waals surface area contributed by atoms with Gasteiger partial charge in [-0.3, -0.25) is 4.79 Å². The first kappa shape index (κ1) is 25.0. The van der Waals surface area contributed by atoms with Gasteiger partial charge in [0.25, 0.3) is 0 Å². The molecule has 1 aromatic rings. The molecule has 29 heavy (non-hydrogen) atoms. The van der Waals surface area contributed by atoms with Gasteiger partial charge in [-0.05, 0) is 30.8 Å². The molecule has 0 unspecified atom stereocenters. The molecule has 0 aliphatic heterocycles. The van der Waals surface area contributed by atoms with Gasteiger partial charge in [0, 0.05) is 38.1 Å². The minimum atomic E-state index is -2.51. The van der Waals surface area contributed by atoms with Gasteiger partial charge in [-0.1, -0.05) is 34.6 Å². The average molecular weight is 429 g/mol. The Kier molecular flexibility index (Phi) is 9.71. The highest BCUT2D eigenvalue weighted by molar-refractivity contribution is 6.75. The van der Waals surface area contributed by atoms with Crippen LogP contribution in [0, 0.1) is 0 Å². The third kappa shape index (κ3) is 5.99. The molecule has 0 aliphatic rings. The number of rotatable bonds is 12. The largest absolute Gasteiger partial charge is 0.492 e. The van der Waals surface area contributed by atoms with Crippen molar-refractivity contribution in [3.63, 3.8) is 0 Å². The van der Waals surface area contributed by atoms with Crippen molar-refractivity contribution in [1.82, 2.24) is 9.30 Å². The highest BCUT2D eigenvalue weighted by Crippen LogP contribution is 2.37. The maximum absolute atomic E-state index is 13.1. The lowest BCUT2D eigenvalue weighted by Gasteiger charge is -2.46. The zero-order valence-electron chi connectivity index (χ0n) is 18.5. The van der Waals surface area contributed by atoms with Gasteiger partial charge in [0.1, 0.15) is 0 Å². The van der Waals surface area contributed by atoms with Crippen LogP contribution in [0.5, 0.6) is 11.8 Å². The quantitative estimate of drug-likeness (QED) is 0.494. The second kappa shape index (κ2) is 11.3. The second-order valence-corrected chi connectivity index (χ2v) is 12.3. The summed E-state index contributed by atoms with van der Waals surface area (Å²) in [5.41, 5.74) is 0.477. The Morgan fingerprint density at radius 2 is 1.62 bits per heavy atom. The second-order valence-electron chi connectivity index (χ2n) is 7.70. The van der Waals surface area contributed by atoms with Crippen LogP contribution >= 0.6 is 0 Å². The fourth-order valence-corrected chi connectivity index (χ4v) is 8.75. The van der Waals surface area contributed by atoms with Crippen LogP contribution in [-0.2, 0) is 14.0 Å². The van der Waals surface area contributed by atoms with Crippen molar-refractivity contribution in [3.8, 4) is 11.8 Å². The van der Waals surface area contributed by atoms with Gasteiger partial charge in [0.05, 0.1) is 0 Å². The van der Waals surface area contributed by atoms with E-state index in [1.54, 1.807) is 0 Å². The van der Waals surface area contributed by atoms with E-state index in [-0.39, 0.29) is 41.6 Å². The van der Waals surface area contributed by atoms with Gasteiger partial charge in [0.15, 0.2) is 0 Å². The normalized spacial score (nSPS) is 11.9. The third-order valence-corrected chi connectivity index (χ3v) is 10.3. The third-order valence-electron chi connectivity index (χ3n) is 4.96. The van der Waals surface area contributed by atoms with Gasteiger partial charge in [-0.25, -0.2) is 4.79 Å². The predicted octanol–water partition coefficient (Wildman–Crippen LogP) is 3.56. The molecule has 0 bridgehead atoms. The maximum Gasteiger partial charge on any atom is 0.333 e. The summed E-state index contributed by atoms with van der Waals surface area (Å²) in [5.74, 6) is -1.39. The highest BCUT2D eigenvalue weighted by Gasteiger charge is 2.49. The van der Waals surface area contributed by atoms with Crippen molar-refractivity contribution < 1.29 is 29.1 Å². The monoisotopic (exact) mass is 428 g/mol. The Morgan fingerprint density at radius 3 is 2.07 bits per heavy atom. The van der Waals surface area contributed by atoms with E-state index < -0.39 is 14.4 Å². The Hall–Kier alpha value is -2.00. The molecule has 0 atom stereocenters. The number of aromatic nitrogens is 1. The van der Waals surface area contributed by atoms with Gasteiger partial charge in [-0.2, -0.15) is 0 Å². The molecule has 0 radical (unpaired) electrons. The summed E-state index contributed by atoms with van der Waals surface area (Å²) in [5, 5.41) is 19.1. The van der Waals surface area contributed by atoms with Crippen molar-refractivity contribution in [2.45, 2.75) is 78.3 Å². The van der Waals surface area contributed by atoms with Crippen molar-refractivity contribution in [2.75, 3.05) is 13.2 Å². The summed E-state index contributed by atoms with van der Waals surface area (Å²) < 4.78 is 8.92. The predicted molar refractivity (Wildman–Crippen MR) is 113 cm³/mol. The summed E-state index contributed by atoms with van der Waals surface area (Å²) >= 11 is 0. The topological polar surface area (TPSA) is 101 Å². The standard InChI is InChI=1S/C20H36N2O6Si/c1-7-14-21(29(15(3)4,16(5)6)27-8-2)17(23)10-9-11-20(26)28-22-18(24)12-13-19(22)25/h12-13,15-16,24-25H,7-11,14H2,1-6H3. The summed E-state index contributed by atoms with van der Waals surface area (Å²) in [6, 6.07) is 2.43. The number of aromatic hydroxyl groups is 2. The zero-order chi connectivity index (χ0) is 22.2. The first-order valence-corrected chi connectivity index (χ1v) is 12.4. The Morgan fingerprint density at radius 1 is 1.07 bits per heavy atom. The molecule has 0 spiro atoms. The molecule has 8 nitrogen and oxygen atoms in total. The van der Waals surface area contributed by atoms with Crippen LogP contribution < -0.4 is 4.84 Å². The molecular formula is C20H36N2O6Si. The smallest absolute Gasteiger partial charge is 0.333 e. The highest BCUT2D eigenvalue weighted by atomic mass is 28.4. The molecule has 0 saturated heterocycles. The van der Waals surface area contributed by atoms with Gasteiger partial charge in [0.2, 0.25) is 17.7 Å². The minimum absolute atomic E-state index is 0.00465. The molecule has 2 N–H and O–H groups in total. The van der Waals surface area contributed by atoms with E-state index in [0.717, 1.165) is 6.42 Å². The lowest BCUT2D eigenvalue weighted by Crippen LogP contribution is -2.62. The molecule has 166 valence electrons. The van der Waals surface area contributed by atoms with Crippen LogP contribution in [0.4, 0.5) is 0 Å². The first-order chi connectivity index (χ1) is 13.6. The zero-order valence-corrected chi connectivity index (χ0v) is 19.5. The molecule has 0 saturated carbocycles. The van der Waals surface area contributed by atoms with E-state index in [2.05, 4.69) is 27.7 Å². The molecular weight excluding hydrogens is 392 g/mol. The van der Waals surface area contributed by atoms with E-state index >= 15 is 0 Å². The lowest BCUT2D eigenvalue weighted by molar-refractivity contribution is -0.145. The molecule has 1 rings (SSSR count). The summed E-state index contributed by atoms with van der Waals surface area (Å²) in [4.78, 5) is 30.0.